The number of aryl methyl sites for hydroxylation is 2. The molecule has 0 spiro atoms. The van der Waals surface area contributed by atoms with E-state index < -0.39 is 15.7 Å². The Morgan fingerprint density at radius 1 is 1.28 bits per heavy atom. The summed E-state index contributed by atoms with van der Waals surface area (Å²) in [7, 11) is -3.53. The zero-order valence-electron chi connectivity index (χ0n) is 17.8. The van der Waals surface area contributed by atoms with E-state index in [4.69, 9.17) is 11.6 Å². The zero-order chi connectivity index (χ0) is 23.6. The van der Waals surface area contributed by atoms with Crippen molar-refractivity contribution in [1.82, 2.24) is 14.8 Å². The molecule has 2 aromatic heterocycles. The van der Waals surface area contributed by atoms with Crippen LogP contribution >= 0.6 is 22.9 Å². The molecule has 0 aliphatic rings. The van der Waals surface area contributed by atoms with Crippen LogP contribution in [0.4, 0.5) is 5.13 Å². The van der Waals surface area contributed by atoms with E-state index in [0.717, 1.165) is 34.0 Å². The number of nitriles is 1. The number of amides is 1. The highest BCUT2D eigenvalue weighted by atomic mass is 35.5. The lowest BCUT2D eigenvalue weighted by Gasteiger charge is -2.13. The minimum Gasteiger partial charge on any atom is -0.318 e. The lowest BCUT2D eigenvalue weighted by Crippen LogP contribution is -2.13. The Kier molecular flexibility index (Phi) is 6.83. The maximum absolute atomic E-state index is 12.6. The molecule has 0 atom stereocenters. The summed E-state index contributed by atoms with van der Waals surface area (Å²) in [6.45, 7) is 7.28. The molecule has 0 unspecified atom stereocenters. The third kappa shape index (κ3) is 4.75. The quantitative estimate of drug-likeness (QED) is 0.314. The van der Waals surface area contributed by atoms with Gasteiger partial charge in [-0.2, -0.15) is 5.26 Å². The molecule has 1 N–H and O–H groups in total. The van der Waals surface area contributed by atoms with Gasteiger partial charge in [-0.05, 0) is 56.2 Å². The molecule has 0 fully saturated rings. The molecule has 0 radical (unpaired) electrons. The van der Waals surface area contributed by atoms with Crippen molar-refractivity contribution in [3.63, 3.8) is 0 Å². The highest BCUT2D eigenvalue weighted by Crippen LogP contribution is 2.27. The van der Waals surface area contributed by atoms with Crippen molar-refractivity contribution in [2.75, 3.05) is 11.1 Å². The number of anilines is 1. The van der Waals surface area contributed by atoms with Crippen LogP contribution in [0.25, 0.3) is 11.8 Å². The summed E-state index contributed by atoms with van der Waals surface area (Å²) >= 11 is 6.92. The Morgan fingerprint density at radius 3 is 2.66 bits per heavy atom. The molecule has 0 aliphatic carbocycles. The molecule has 3 aromatic rings. The summed E-state index contributed by atoms with van der Waals surface area (Å²) < 4.78 is 25.6. The molecule has 2 heterocycles. The summed E-state index contributed by atoms with van der Waals surface area (Å²) in [6.07, 6.45) is 1.48. The van der Waals surface area contributed by atoms with E-state index in [9.17, 15) is 18.5 Å². The lowest BCUT2D eigenvalue weighted by molar-refractivity contribution is -0.112. The fourth-order valence-corrected chi connectivity index (χ4v) is 5.26. The van der Waals surface area contributed by atoms with E-state index in [1.54, 1.807) is 0 Å². The average Bonchev–Trinajstić information content (AvgIpc) is 3.32. The van der Waals surface area contributed by atoms with Gasteiger partial charge in [-0.25, -0.2) is 8.42 Å². The van der Waals surface area contributed by atoms with Crippen molar-refractivity contribution in [3.05, 3.63) is 57.4 Å². The molecule has 0 saturated heterocycles. The Morgan fingerprint density at radius 2 is 2.00 bits per heavy atom. The van der Waals surface area contributed by atoms with E-state index in [1.165, 1.54) is 13.0 Å². The molecule has 1 amide bonds. The van der Waals surface area contributed by atoms with Crippen LogP contribution in [-0.2, 0) is 14.6 Å². The normalized spacial score (nSPS) is 11.9. The van der Waals surface area contributed by atoms with E-state index in [0.29, 0.717) is 10.6 Å². The number of nitrogens with one attached hydrogen (secondary N) is 1. The average molecular weight is 490 g/mol. The highest BCUT2D eigenvalue weighted by Gasteiger charge is 2.20. The van der Waals surface area contributed by atoms with Gasteiger partial charge in [0.25, 0.3) is 5.91 Å². The van der Waals surface area contributed by atoms with Crippen LogP contribution in [0, 0.1) is 32.1 Å². The van der Waals surface area contributed by atoms with Gasteiger partial charge in [-0.15, -0.1) is 10.2 Å². The first-order chi connectivity index (χ1) is 15.1. The third-order valence-electron chi connectivity index (χ3n) is 4.82. The van der Waals surface area contributed by atoms with Crippen molar-refractivity contribution in [2.45, 2.75) is 32.0 Å². The third-order valence-corrected chi connectivity index (χ3v) is 8.07. The summed E-state index contributed by atoms with van der Waals surface area (Å²) in [5.74, 6) is -0.825. The lowest BCUT2D eigenvalue weighted by atomic mass is 10.1. The van der Waals surface area contributed by atoms with Crippen LogP contribution in [0.15, 0.2) is 34.2 Å². The summed E-state index contributed by atoms with van der Waals surface area (Å²) in [5, 5.41) is 19.9. The number of hydrogen-bond donors (Lipinski definition) is 1. The molecule has 0 aliphatic heterocycles. The van der Waals surface area contributed by atoms with Crippen LogP contribution in [0.5, 0.6) is 0 Å². The molecule has 8 nitrogen and oxygen atoms in total. The minimum atomic E-state index is -3.53. The number of sulfone groups is 1. The topological polar surface area (TPSA) is 118 Å². The summed E-state index contributed by atoms with van der Waals surface area (Å²) in [6, 6.07) is 9.37. The van der Waals surface area contributed by atoms with E-state index in [-0.39, 0.29) is 20.8 Å². The minimum absolute atomic E-state index is 0.00296. The Labute approximate surface area is 195 Å². The standard InChI is InChI=1S/C21H20ClN5O3S2/c1-5-32(29,30)21-26-25-20(31-21)24-19(28)16(11-23)9-15-8-13(3)27(14(15)4)18-10-17(22)7-6-12(18)2/h6-10H,5H2,1-4H3,(H,24,25,28). The number of carbonyl (C=O) groups excluding carboxylic acids is 1. The second-order valence-corrected chi connectivity index (χ2v) is 10.9. The Balaban J connectivity index is 1.93. The van der Waals surface area contributed by atoms with Crippen LogP contribution in [0.1, 0.15) is 29.4 Å². The molecular formula is C21H20ClN5O3S2. The number of aromatic nitrogens is 3. The second kappa shape index (κ2) is 9.24. The molecule has 0 saturated carbocycles. The van der Waals surface area contributed by atoms with Gasteiger partial charge in [0, 0.05) is 22.1 Å². The smallest absolute Gasteiger partial charge is 0.268 e. The summed E-state index contributed by atoms with van der Waals surface area (Å²) in [5.41, 5.74) is 4.23. The second-order valence-electron chi connectivity index (χ2n) is 6.99. The van der Waals surface area contributed by atoms with Crippen LogP contribution < -0.4 is 5.32 Å². The molecule has 3 rings (SSSR count). The maximum Gasteiger partial charge on any atom is 0.268 e. The van der Waals surface area contributed by atoms with Gasteiger partial charge in [0.2, 0.25) is 19.3 Å². The van der Waals surface area contributed by atoms with E-state index in [2.05, 4.69) is 15.5 Å². The number of rotatable bonds is 6. The van der Waals surface area contributed by atoms with Gasteiger partial charge in [0.05, 0.1) is 5.75 Å². The molecular weight excluding hydrogens is 470 g/mol. The van der Waals surface area contributed by atoms with Gasteiger partial charge >= 0.3 is 0 Å². The van der Waals surface area contributed by atoms with Crippen LogP contribution in [0.2, 0.25) is 5.02 Å². The molecule has 0 bridgehead atoms. The van der Waals surface area contributed by atoms with Gasteiger partial charge in [0.15, 0.2) is 0 Å². The van der Waals surface area contributed by atoms with Crippen molar-refractivity contribution < 1.29 is 13.2 Å². The number of benzene rings is 1. The first-order valence-corrected chi connectivity index (χ1v) is 12.4. The fourth-order valence-electron chi connectivity index (χ4n) is 3.11. The predicted molar refractivity (Wildman–Crippen MR) is 125 cm³/mol. The molecule has 32 heavy (non-hydrogen) atoms. The Bertz CT molecular complexity index is 1380. The number of hydrogen-bond acceptors (Lipinski definition) is 7. The highest BCUT2D eigenvalue weighted by molar-refractivity contribution is 7.93. The fraction of sp³-hybridized carbons (Fsp3) is 0.238. The zero-order valence-corrected chi connectivity index (χ0v) is 20.2. The monoisotopic (exact) mass is 489 g/mol. The molecule has 1 aromatic carbocycles. The molecule has 11 heteroatoms. The SMILES string of the molecule is CCS(=O)(=O)c1nnc(NC(=O)C(C#N)=Cc2cc(C)n(-c3cc(Cl)ccc3C)c2C)s1. The van der Waals surface area contributed by atoms with Gasteiger partial charge in [-0.3, -0.25) is 10.1 Å². The predicted octanol–water partition coefficient (Wildman–Crippen LogP) is 4.25. The van der Waals surface area contributed by atoms with Crippen LogP contribution in [-0.4, -0.2) is 34.8 Å². The van der Waals surface area contributed by atoms with Crippen molar-refractivity contribution in [1.29, 1.82) is 5.26 Å². The Hall–Kier alpha value is -3.00. The molecule has 166 valence electrons. The van der Waals surface area contributed by atoms with Crippen LogP contribution in [0.3, 0.4) is 0 Å². The van der Waals surface area contributed by atoms with Gasteiger partial charge < -0.3 is 4.57 Å². The van der Waals surface area contributed by atoms with Crippen molar-refractivity contribution >= 4 is 49.9 Å². The maximum atomic E-state index is 12.6. The van der Waals surface area contributed by atoms with Gasteiger partial charge in [-0.1, -0.05) is 35.9 Å². The van der Waals surface area contributed by atoms with E-state index in [1.807, 2.05) is 55.7 Å². The first kappa shape index (κ1) is 23.7. The first-order valence-electron chi connectivity index (χ1n) is 9.52. The largest absolute Gasteiger partial charge is 0.318 e. The number of halogens is 1. The van der Waals surface area contributed by atoms with Crippen molar-refractivity contribution in [3.8, 4) is 11.8 Å². The number of nitrogens with zero attached hydrogens (tertiary/aromatic N) is 4. The van der Waals surface area contributed by atoms with E-state index >= 15 is 0 Å². The summed E-state index contributed by atoms with van der Waals surface area (Å²) in [4.78, 5) is 12.6. The number of carbonyl (C=O) groups is 1. The van der Waals surface area contributed by atoms with Gasteiger partial charge in [0.1, 0.15) is 11.6 Å². The van der Waals surface area contributed by atoms with Crippen molar-refractivity contribution in [2.24, 2.45) is 0 Å².